The van der Waals surface area contributed by atoms with Gasteiger partial charge in [-0.15, -0.1) is 11.3 Å². The predicted octanol–water partition coefficient (Wildman–Crippen LogP) is 3.07. The Kier molecular flexibility index (Phi) is 5.15. The minimum atomic E-state index is -3.22. The second-order valence-electron chi connectivity index (χ2n) is 4.54. The summed E-state index contributed by atoms with van der Waals surface area (Å²) in [5.41, 5.74) is 3.80. The average molecular weight is 401 g/mol. The minimum Gasteiger partial charge on any atom is -0.266 e. The molecule has 0 aliphatic carbocycles. The van der Waals surface area contributed by atoms with Crippen molar-refractivity contribution >= 4 is 48.7 Å². The number of amides is 1. The molecule has 0 unspecified atom stereocenters. The fourth-order valence-electron chi connectivity index (χ4n) is 1.63. The highest BCUT2D eigenvalue weighted by atomic mass is 79.9. The Morgan fingerprint density at radius 2 is 1.82 bits per heavy atom. The molecular formula is C14H13BrN2O3S2. The molecule has 0 bridgehead atoms. The van der Waals surface area contributed by atoms with Gasteiger partial charge in [0.15, 0.2) is 9.84 Å². The molecule has 1 aromatic heterocycles. The lowest BCUT2D eigenvalue weighted by atomic mass is 10.1. The van der Waals surface area contributed by atoms with Crippen molar-refractivity contribution in [3.8, 4) is 0 Å². The van der Waals surface area contributed by atoms with Crippen LogP contribution >= 0.6 is 27.3 Å². The Balaban J connectivity index is 2.10. The zero-order valence-corrected chi connectivity index (χ0v) is 15.0. The normalized spacial score (nSPS) is 12.2. The number of sulfone groups is 1. The van der Waals surface area contributed by atoms with Gasteiger partial charge in [0.25, 0.3) is 5.91 Å². The Hall–Kier alpha value is -1.51. The number of carbonyl (C=O) groups excluding carboxylic acids is 1. The van der Waals surface area contributed by atoms with Gasteiger partial charge in [0.2, 0.25) is 0 Å². The van der Waals surface area contributed by atoms with Gasteiger partial charge in [0.05, 0.1) is 19.3 Å². The van der Waals surface area contributed by atoms with E-state index in [9.17, 15) is 13.2 Å². The van der Waals surface area contributed by atoms with E-state index in [-0.39, 0.29) is 10.8 Å². The second-order valence-corrected chi connectivity index (χ2v) is 9.02. The van der Waals surface area contributed by atoms with E-state index in [4.69, 9.17) is 0 Å². The lowest BCUT2D eigenvalue weighted by Crippen LogP contribution is -2.18. The van der Waals surface area contributed by atoms with Gasteiger partial charge in [0.1, 0.15) is 0 Å². The number of hydrogen-bond donors (Lipinski definition) is 1. The van der Waals surface area contributed by atoms with Crippen molar-refractivity contribution in [3.05, 3.63) is 50.6 Å². The Morgan fingerprint density at radius 3 is 2.32 bits per heavy atom. The van der Waals surface area contributed by atoms with Crippen LogP contribution in [0.4, 0.5) is 0 Å². The Bertz CT molecular complexity index is 824. The highest BCUT2D eigenvalue weighted by Crippen LogP contribution is 2.21. The Morgan fingerprint density at radius 1 is 1.18 bits per heavy atom. The van der Waals surface area contributed by atoms with Gasteiger partial charge in [-0.25, -0.2) is 13.8 Å². The second kappa shape index (κ2) is 6.72. The third-order valence-electron chi connectivity index (χ3n) is 2.82. The molecule has 5 nitrogen and oxygen atoms in total. The van der Waals surface area contributed by atoms with Crippen LogP contribution in [0.3, 0.4) is 0 Å². The average Bonchev–Trinajstić information content (AvgIpc) is 2.90. The van der Waals surface area contributed by atoms with Crippen LogP contribution in [0.2, 0.25) is 0 Å². The summed E-state index contributed by atoms with van der Waals surface area (Å²) in [7, 11) is -3.22. The van der Waals surface area contributed by atoms with Crippen molar-refractivity contribution in [3.63, 3.8) is 0 Å². The van der Waals surface area contributed by atoms with Crippen molar-refractivity contribution in [1.82, 2.24) is 5.43 Å². The van der Waals surface area contributed by atoms with Crippen LogP contribution in [0.5, 0.6) is 0 Å². The molecule has 22 heavy (non-hydrogen) atoms. The molecule has 0 saturated carbocycles. The molecule has 0 fully saturated rings. The standard InChI is InChI=1S/C14H13BrN2O3S2/c1-9(10-3-5-11(6-4-10)22(2,19)20)16-17-14(18)12-7-8-13(15)21-12/h3-8H,1-2H3,(H,17,18)/b16-9-. The topological polar surface area (TPSA) is 75.6 Å². The number of carbonyl (C=O) groups is 1. The van der Waals surface area contributed by atoms with Crippen LogP contribution < -0.4 is 5.43 Å². The zero-order chi connectivity index (χ0) is 16.3. The monoisotopic (exact) mass is 400 g/mol. The summed E-state index contributed by atoms with van der Waals surface area (Å²) in [5.74, 6) is -0.289. The maximum Gasteiger partial charge on any atom is 0.281 e. The smallest absolute Gasteiger partial charge is 0.266 e. The fraction of sp³-hybridized carbons (Fsp3) is 0.143. The molecule has 1 amide bonds. The maximum absolute atomic E-state index is 11.9. The molecule has 2 rings (SSSR count). The van der Waals surface area contributed by atoms with Crippen LogP contribution in [-0.4, -0.2) is 26.3 Å². The van der Waals surface area contributed by atoms with Gasteiger partial charge in [-0.3, -0.25) is 4.79 Å². The van der Waals surface area contributed by atoms with Gasteiger partial charge in [-0.1, -0.05) is 12.1 Å². The SMILES string of the molecule is C/C(=N/NC(=O)c1ccc(Br)s1)c1ccc(S(C)(=O)=O)cc1. The summed E-state index contributed by atoms with van der Waals surface area (Å²) in [6, 6.07) is 9.84. The number of nitrogens with one attached hydrogen (secondary N) is 1. The van der Waals surface area contributed by atoms with Crippen LogP contribution in [0.1, 0.15) is 22.2 Å². The minimum absolute atomic E-state index is 0.247. The third-order valence-corrected chi connectivity index (χ3v) is 5.57. The van der Waals surface area contributed by atoms with Crippen molar-refractivity contribution in [2.75, 3.05) is 6.26 Å². The molecule has 8 heteroatoms. The molecule has 116 valence electrons. The summed E-state index contributed by atoms with van der Waals surface area (Å²) in [6.45, 7) is 1.74. The molecule has 2 aromatic rings. The van der Waals surface area contributed by atoms with E-state index >= 15 is 0 Å². The number of nitrogens with zero attached hydrogens (tertiary/aromatic N) is 1. The molecule has 0 aliphatic heterocycles. The van der Waals surface area contributed by atoms with Crippen LogP contribution in [-0.2, 0) is 9.84 Å². The van der Waals surface area contributed by atoms with Crippen molar-refractivity contribution in [2.45, 2.75) is 11.8 Å². The number of thiophene rings is 1. The highest BCUT2D eigenvalue weighted by molar-refractivity contribution is 9.11. The van der Waals surface area contributed by atoms with Crippen LogP contribution in [0.25, 0.3) is 0 Å². The van der Waals surface area contributed by atoms with Crippen molar-refractivity contribution in [2.24, 2.45) is 5.10 Å². The largest absolute Gasteiger partial charge is 0.281 e. The predicted molar refractivity (Wildman–Crippen MR) is 91.2 cm³/mol. The lowest BCUT2D eigenvalue weighted by Gasteiger charge is -2.03. The number of rotatable bonds is 4. The molecule has 0 atom stereocenters. The van der Waals surface area contributed by atoms with E-state index in [1.807, 2.05) is 0 Å². The number of benzene rings is 1. The van der Waals surface area contributed by atoms with Gasteiger partial charge >= 0.3 is 0 Å². The Labute approximate surface area is 141 Å². The lowest BCUT2D eigenvalue weighted by molar-refractivity contribution is 0.0959. The summed E-state index contributed by atoms with van der Waals surface area (Å²) in [6.07, 6.45) is 1.16. The first kappa shape index (κ1) is 16.9. The fourth-order valence-corrected chi connectivity index (χ4v) is 3.54. The van der Waals surface area contributed by atoms with E-state index in [2.05, 4.69) is 26.5 Å². The third kappa shape index (κ3) is 4.25. The highest BCUT2D eigenvalue weighted by Gasteiger charge is 2.09. The molecule has 0 aliphatic rings. The first-order valence-electron chi connectivity index (χ1n) is 6.18. The van der Waals surface area contributed by atoms with Crippen LogP contribution in [0, 0.1) is 0 Å². The van der Waals surface area contributed by atoms with Crippen molar-refractivity contribution < 1.29 is 13.2 Å². The van der Waals surface area contributed by atoms with E-state index in [1.165, 1.54) is 23.5 Å². The number of halogens is 1. The first-order valence-corrected chi connectivity index (χ1v) is 9.68. The first-order chi connectivity index (χ1) is 10.3. The van der Waals surface area contributed by atoms with E-state index in [1.54, 1.807) is 31.2 Å². The summed E-state index contributed by atoms with van der Waals surface area (Å²) < 4.78 is 23.7. The van der Waals surface area contributed by atoms with Crippen LogP contribution in [0.15, 0.2) is 50.2 Å². The molecule has 0 spiro atoms. The van der Waals surface area contributed by atoms with Gasteiger partial charge in [-0.05, 0) is 52.7 Å². The quantitative estimate of drug-likeness (QED) is 0.632. The maximum atomic E-state index is 11.9. The molecule has 0 saturated heterocycles. The van der Waals surface area contributed by atoms with Gasteiger partial charge in [0, 0.05) is 6.26 Å². The summed E-state index contributed by atoms with van der Waals surface area (Å²) >= 11 is 4.61. The molecule has 1 aromatic carbocycles. The van der Waals surface area contributed by atoms with E-state index in [0.717, 1.165) is 15.6 Å². The van der Waals surface area contributed by atoms with E-state index in [0.29, 0.717) is 10.6 Å². The number of hydrogen-bond acceptors (Lipinski definition) is 5. The molecule has 1 heterocycles. The molecule has 0 radical (unpaired) electrons. The van der Waals surface area contributed by atoms with Crippen molar-refractivity contribution in [1.29, 1.82) is 0 Å². The number of hydrazone groups is 1. The molecular weight excluding hydrogens is 388 g/mol. The van der Waals surface area contributed by atoms with Gasteiger partial charge in [-0.2, -0.15) is 5.10 Å². The van der Waals surface area contributed by atoms with E-state index < -0.39 is 9.84 Å². The summed E-state index contributed by atoms with van der Waals surface area (Å²) in [5, 5.41) is 4.03. The zero-order valence-electron chi connectivity index (χ0n) is 11.8. The summed E-state index contributed by atoms with van der Waals surface area (Å²) in [4.78, 5) is 12.7. The van der Waals surface area contributed by atoms with Gasteiger partial charge < -0.3 is 0 Å². The molecule has 1 N–H and O–H groups in total.